The van der Waals surface area contributed by atoms with Crippen molar-refractivity contribution in [2.75, 3.05) is 12.1 Å². The zero-order valence-corrected chi connectivity index (χ0v) is 15.6. The van der Waals surface area contributed by atoms with Gasteiger partial charge in [0.1, 0.15) is 5.82 Å². The van der Waals surface area contributed by atoms with E-state index in [1.54, 1.807) is 6.20 Å². The number of aromatic nitrogens is 1. The minimum absolute atomic E-state index is 0.0190. The van der Waals surface area contributed by atoms with Crippen LogP contribution >= 0.6 is 0 Å². The predicted octanol–water partition coefficient (Wildman–Crippen LogP) is 4.46. The lowest BCUT2D eigenvalue weighted by molar-refractivity contribution is -0.118. The van der Waals surface area contributed by atoms with Gasteiger partial charge in [-0.15, -0.1) is 0 Å². The SMILES string of the molecule is Cc1cc(-c2ccccc2)cnc1NC(=O)C1(c2ccc3c(c2)OCO3)CC1. The molecule has 1 amide bonds. The van der Waals surface area contributed by atoms with Gasteiger partial charge in [0, 0.05) is 11.8 Å². The highest BCUT2D eigenvalue weighted by Gasteiger charge is 2.51. The highest BCUT2D eigenvalue weighted by atomic mass is 16.7. The lowest BCUT2D eigenvalue weighted by Gasteiger charge is -2.17. The first kappa shape index (κ1) is 16.8. The number of anilines is 1. The summed E-state index contributed by atoms with van der Waals surface area (Å²) in [5.41, 5.74) is 3.54. The lowest BCUT2D eigenvalue weighted by atomic mass is 9.94. The Bertz CT molecular complexity index is 1060. The van der Waals surface area contributed by atoms with E-state index in [0.29, 0.717) is 11.6 Å². The quantitative estimate of drug-likeness (QED) is 0.735. The molecule has 140 valence electrons. The summed E-state index contributed by atoms with van der Waals surface area (Å²) in [5.74, 6) is 2.03. The number of amides is 1. The van der Waals surface area contributed by atoms with Gasteiger partial charge in [0.25, 0.3) is 0 Å². The molecule has 1 aliphatic carbocycles. The van der Waals surface area contributed by atoms with Gasteiger partial charge in [0.2, 0.25) is 12.7 Å². The molecular weight excluding hydrogens is 352 g/mol. The van der Waals surface area contributed by atoms with Crippen LogP contribution in [0.25, 0.3) is 11.1 Å². The monoisotopic (exact) mass is 372 g/mol. The number of aryl methyl sites for hydroxylation is 1. The van der Waals surface area contributed by atoms with Gasteiger partial charge in [-0.05, 0) is 54.7 Å². The summed E-state index contributed by atoms with van der Waals surface area (Å²) >= 11 is 0. The minimum Gasteiger partial charge on any atom is -0.454 e. The number of rotatable bonds is 4. The molecule has 0 bridgehead atoms. The van der Waals surface area contributed by atoms with Gasteiger partial charge in [-0.3, -0.25) is 4.79 Å². The number of hydrogen-bond acceptors (Lipinski definition) is 4. The number of carbonyl (C=O) groups excluding carboxylic acids is 1. The summed E-state index contributed by atoms with van der Waals surface area (Å²) < 4.78 is 10.8. The molecule has 3 aromatic rings. The molecule has 1 fully saturated rings. The number of nitrogens with zero attached hydrogens (tertiary/aromatic N) is 1. The largest absolute Gasteiger partial charge is 0.454 e. The Morgan fingerprint density at radius 1 is 1.00 bits per heavy atom. The highest BCUT2D eigenvalue weighted by Crippen LogP contribution is 2.51. The van der Waals surface area contributed by atoms with E-state index in [0.717, 1.165) is 40.8 Å². The lowest BCUT2D eigenvalue weighted by Crippen LogP contribution is -2.28. The van der Waals surface area contributed by atoms with Crippen LogP contribution in [-0.2, 0) is 10.2 Å². The van der Waals surface area contributed by atoms with Crippen molar-refractivity contribution in [3.63, 3.8) is 0 Å². The van der Waals surface area contributed by atoms with Gasteiger partial charge < -0.3 is 14.8 Å². The molecule has 1 aromatic heterocycles. The van der Waals surface area contributed by atoms with Gasteiger partial charge >= 0.3 is 0 Å². The summed E-state index contributed by atoms with van der Waals surface area (Å²) in [7, 11) is 0. The van der Waals surface area contributed by atoms with E-state index in [9.17, 15) is 4.79 Å². The second kappa shape index (κ2) is 6.37. The third kappa shape index (κ3) is 2.80. The fourth-order valence-electron chi connectivity index (χ4n) is 3.69. The van der Waals surface area contributed by atoms with E-state index in [1.165, 1.54) is 0 Å². The Hall–Kier alpha value is -3.34. The van der Waals surface area contributed by atoms with Crippen LogP contribution in [0.1, 0.15) is 24.0 Å². The Labute approximate surface area is 163 Å². The molecule has 0 saturated heterocycles. The summed E-state index contributed by atoms with van der Waals surface area (Å²) in [5, 5.41) is 3.04. The Morgan fingerprint density at radius 3 is 2.54 bits per heavy atom. The maximum atomic E-state index is 13.1. The molecule has 1 saturated carbocycles. The predicted molar refractivity (Wildman–Crippen MR) is 107 cm³/mol. The summed E-state index contributed by atoms with van der Waals surface area (Å²) in [4.78, 5) is 17.6. The molecule has 5 nitrogen and oxygen atoms in total. The van der Waals surface area contributed by atoms with Crippen molar-refractivity contribution in [2.45, 2.75) is 25.2 Å². The molecule has 2 aliphatic rings. The average molecular weight is 372 g/mol. The minimum atomic E-state index is -0.507. The summed E-state index contributed by atoms with van der Waals surface area (Å²) in [6.45, 7) is 2.20. The van der Waals surface area contributed by atoms with Crippen molar-refractivity contribution in [3.05, 3.63) is 71.9 Å². The number of fused-ring (bicyclic) bond motifs is 1. The molecule has 2 aromatic carbocycles. The average Bonchev–Trinajstić information content (AvgIpc) is 3.41. The standard InChI is InChI=1S/C23H20N2O3/c1-15-11-17(16-5-3-2-4-6-16)13-24-21(15)25-22(26)23(9-10-23)18-7-8-19-20(12-18)28-14-27-19/h2-8,11-13H,9-10,14H2,1H3,(H,24,25,26). The van der Waals surface area contributed by atoms with E-state index < -0.39 is 5.41 Å². The molecular formula is C23H20N2O3. The Kier molecular flexibility index (Phi) is 3.83. The van der Waals surface area contributed by atoms with Crippen LogP contribution in [0, 0.1) is 6.92 Å². The third-order valence-electron chi connectivity index (χ3n) is 5.53. The molecule has 5 rings (SSSR count). The molecule has 1 aliphatic heterocycles. The molecule has 2 heterocycles. The van der Waals surface area contributed by atoms with E-state index in [2.05, 4.69) is 16.4 Å². The molecule has 0 radical (unpaired) electrons. The normalized spacial score (nSPS) is 15.9. The maximum Gasteiger partial charge on any atom is 0.236 e. The van der Waals surface area contributed by atoms with Crippen LogP contribution in [0.2, 0.25) is 0 Å². The molecule has 0 atom stereocenters. The second-order valence-electron chi connectivity index (χ2n) is 7.36. The van der Waals surface area contributed by atoms with Crippen LogP contribution < -0.4 is 14.8 Å². The molecule has 5 heteroatoms. The number of hydrogen-bond donors (Lipinski definition) is 1. The fraction of sp³-hybridized carbons (Fsp3) is 0.217. The van der Waals surface area contributed by atoms with Gasteiger partial charge in [-0.25, -0.2) is 4.98 Å². The van der Waals surface area contributed by atoms with Gasteiger partial charge in [-0.2, -0.15) is 0 Å². The van der Waals surface area contributed by atoms with Crippen LogP contribution in [0.4, 0.5) is 5.82 Å². The molecule has 0 unspecified atom stereocenters. The van der Waals surface area contributed by atoms with Crippen LogP contribution in [0.3, 0.4) is 0 Å². The van der Waals surface area contributed by atoms with Crippen molar-refractivity contribution >= 4 is 11.7 Å². The van der Waals surface area contributed by atoms with Gasteiger partial charge in [-0.1, -0.05) is 36.4 Å². The number of pyridine rings is 1. The topological polar surface area (TPSA) is 60.5 Å². The Balaban J connectivity index is 1.38. The van der Waals surface area contributed by atoms with Crippen molar-refractivity contribution in [1.82, 2.24) is 4.98 Å². The van der Waals surface area contributed by atoms with Crippen LogP contribution in [-0.4, -0.2) is 17.7 Å². The van der Waals surface area contributed by atoms with Crippen LogP contribution in [0.15, 0.2) is 60.8 Å². The third-order valence-corrected chi connectivity index (χ3v) is 5.53. The molecule has 28 heavy (non-hydrogen) atoms. The maximum absolute atomic E-state index is 13.1. The van der Waals surface area contributed by atoms with Crippen molar-refractivity contribution in [3.8, 4) is 22.6 Å². The first-order valence-corrected chi connectivity index (χ1v) is 9.39. The number of ether oxygens (including phenoxy) is 2. The number of carbonyl (C=O) groups is 1. The van der Waals surface area contributed by atoms with Gasteiger partial charge in [0.05, 0.1) is 5.41 Å². The zero-order chi connectivity index (χ0) is 19.1. The van der Waals surface area contributed by atoms with Crippen molar-refractivity contribution in [1.29, 1.82) is 0 Å². The highest BCUT2D eigenvalue weighted by molar-refractivity contribution is 6.01. The zero-order valence-electron chi connectivity index (χ0n) is 15.6. The van der Waals surface area contributed by atoms with Gasteiger partial charge in [0.15, 0.2) is 11.5 Å². The van der Waals surface area contributed by atoms with Crippen LogP contribution in [0.5, 0.6) is 11.5 Å². The van der Waals surface area contributed by atoms with E-state index in [-0.39, 0.29) is 12.7 Å². The number of nitrogens with one attached hydrogen (secondary N) is 1. The Morgan fingerprint density at radius 2 is 1.79 bits per heavy atom. The first-order chi connectivity index (χ1) is 13.7. The fourth-order valence-corrected chi connectivity index (χ4v) is 3.69. The van der Waals surface area contributed by atoms with E-state index in [4.69, 9.17) is 9.47 Å². The first-order valence-electron chi connectivity index (χ1n) is 9.39. The second-order valence-corrected chi connectivity index (χ2v) is 7.36. The summed E-state index contributed by atoms with van der Waals surface area (Å²) in [6, 6.07) is 17.9. The number of benzene rings is 2. The summed E-state index contributed by atoms with van der Waals surface area (Å²) in [6.07, 6.45) is 3.44. The smallest absolute Gasteiger partial charge is 0.236 e. The van der Waals surface area contributed by atoms with E-state index in [1.807, 2.05) is 55.5 Å². The molecule has 0 spiro atoms. The van der Waals surface area contributed by atoms with Crippen molar-refractivity contribution in [2.24, 2.45) is 0 Å². The van der Waals surface area contributed by atoms with Crippen molar-refractivity contribution < 1.29 is 14.3 Å². The van der Waals surface area contributed by atoms with E-state index >= 15 is 0 Å². The molecule has 1 N–H and O–H groups in total.